The molecule has 2 aromatic rings. The summed E-state index contributed by atoms with van der Waals surface area (Å²) in [5.74, 6) is 1.13. The van der Waals surface area contributed by atoms with E-state index in [1.165, 1.54) is 6.08 Å². The van der Waals surface area contributed by atoms with Gasteiger partial charge in [-0.15, -0.1) is 0 Å². The van der Waals surface area contributed by atoms with Crippen LogP contribution in [0.1, 0.15) is 12.0 Å². The number of carbonyl (C=O) groups is 1. The fourth-order valence-electron chi connectivity index (χ4n) is 2.21. The SMILES string of the molecule is O=C(C=Cc1cccc(Cl)c1)Nc1ccc2c(c1)OCCCO2. The Hall–Kier alpha value is -2.46. The number of anilines is 1. The highest BCUT2D eigenvalue weighted by atomic mass is 35.5. The molecule has 3 rings (SSSR count). The number of ether oxygens (including phenoxy) is 2. The molecule has 0 aliphatic carbocycles. The summed E-state index contributed by atoms with van der Waals surface area (Å²) in [6.45, 7) is 1.25. The molecular formula is C18H16ClNO3. The molecule has 1 N–H and O–H groups in total. The van der Waals surface area contributed by atoms with Crippen LogP contribution in [0.15, 0.2) is 48.5 Å². The van der Waals surface area contributed by atoms with E-state index in [1.54, 1.807) is 36.4 Å². The molecule has 0 radical (unpaired) electrons. The van der Waals surface area contributed by atoms with Gasteiger partial charge in [-0.1, -0.05) is 23.7 Å². The Morgan fingerprint density at radius 1 is 1.09 bits per heavy atom. The first-order chi connectivity index (χ1) is 11.2. The third-order valence-corrected chi connectivity index (χ3v) is 3.53. The Kier molecular flexibility index (Phi) is 4.83. The van der Waals surface area contributed by atoms with Gasteiger partial charge in [0.2, 0.25) is 5.91 Å². The summed E-state index contributed by atoms with van der Waals surface area (Å²) in [5, 5.41) is 3.44. The molecule has 23 heavy (non-hydrogen) atoms. The van der Waals surface area contributed by atoms with Crippen molar-refractivity contribution in [2.45, 2.75) is 6.42 Å². The number of rotatable bonds is 3. The quantitative estimate of drug-likeness (QED) is 0.860. The molecule has 1 heterocycles. The highest BCUT2D eigenvalue weighted by Gasteiger charge is 2.11. The van der Waals surface area contributed by atoms with Crippen LogP contribution in [0.5, 0.6) is 11.5 Å². The van der Waals surface area contributed by atoms with Crippen LogP contribution in [0, 0.1) is 0 Å². The molecule has 5 heteroatoms. The van der Waals surface area contributed by atoms with E-state index in [9.17, 15) is 4.79 Å². The Labute approximate surface area is 139 Å². The number of halogens is 1. The fraction of sp³-hybridized carbons (Fsp3) is 0.167. The third kappa shape index (κ3) is 4.27. The normalized spacial score (nSPS) is 13.6. The predicted molar refractivity (Wildman–Crippen MR) is 91.2 cm³/mol. The molecule has 1 aliphatic rings. The summed E-state index contributed by atoms with van der Waals surface area (Å²) in [6, 6.07) is 12.7. The molecule has 4 nitrogen and oxygen atoms in total. The lowest BCUT2D eigenvalue weighted by atomic mass is 10.2. The van der Waals surface area contributed by atoms with Crippen LogP contribution in [-0.4, -0.2) is 19.1 Å². The molecule has 118 valence electrons. The molecule has 0 saturated carbocycles. The van der Waals surface area contributed by atoms with E-state index in [0.29, 0.717) is 35.4 Å². The van der Waals surface area contributed by atoms with Gasteiger partial charge in [0.15, 0.2) is 11.5 Å². The number of hydrogen-bond donors (Lipinski definition) is 1. The van der Waals surface area contributed by atoms with Crippen molar-refractivity contribution in [2.75, 3.05) is 18.5 Å². The van der Waals surface area contributed by atoms with Crippen LogP contribution in [0.3, 0.4) is 0 Å². The summed E-state index contributed by atoms with van der Waals surface area (Å²) >= 11 is 5.91. The van der Waals surface area contributed by atoms with E-state index in [1.807, 2.05) is 12.1 Å². The van der Waals surface area contributed by atoms with E-state index in [-0.39, 0.29) is 5.91 Å². The highest BCUT2D eigenvalue weighted by molar-refractivity contribution is 6.30. The molecular weight excluding hydrogens is 314 g/mol. The van der Waals surface area contributed by atoms with Crippen molar-refractivity contribution < 1.29 is 14.3 Å². The molecule has 0 aromatic heterocycles. The van der Waals surface area contributed by atoms with Gasteiger partial charge in [-0.25, -0.2) is 0 Å². The molecule has 0 spiro atoms. The molecule has 0 fully saturated rings. The zero-order valence-corrected chi connectivity index (χ0v) is 13.2. The van der Waals surface area contributed by atoms with Gasteiger partial charge in [0.25, 0.3) is 0 Å². The second-order valence-electron chi connectivity index (χ2n) is 5.09. The topological polar surface area (TPSA) is 47.6 Å². The number of hydrogen-bond acceptors (Lipinski definition) is 3. The molecule has 1 amide bonds. The van der Waals surface area contributed by atoms with Gasteiger partial charge in [0.1, 0.15) is 0 Å². The van der Waals surface area contributed by atoms with Crippen molar-refractivity contribution in [1.29, 1.82) is 0 Å². The lowest BCUT2D eigenvalue weighted by molar-refractivity contribution is -0.111. The monoisotopic (exact) mass is 329 g/mol. The van der Waals surface area contributed by atoms with Crippen molar-refractivity contribution in [3.05, 3.63) is 59.1 Å². The Morgan fingerprint density at radius 3 is 2.74 bits per heavy atom. The Bertz CT molecular complexity index is 743. The van der Waals surface area contributed by atoms with Crippen molar-refractivity contribution in [1.82, 2.24) is 0 Å². The van der Waals surface area contributed by atoms with Crippen molar-refractivity contribution in [2.24, 2.45) is 0 Å². The lowest BCUT2D eigenvalue weighted by Crippen LogP contribution is -2.07. The van der Waals surface area contributed by atoms with Gasteiger partial charge < -0.3 is 14.8 Å². The number of fused-ring (bicyclic) bond motifs is 1. The average Bonchev–Trinajstić information content (AvgIpc) is 2.78. The molecule has 0 atom stereocenters. The summed E-state index contributed by atoms with van der Waals surface area (Å²) in [6.07, 6.45) is 4.03. The van der Waals surface area contributed by atoms with Gasteiger partial charge >= 0.3 is 0 Å². The lowest BCUT2D eigenvalue weighted by Gasteiger charge is -2.09. The van der Waals surface area contributed by atoms with Crippen LogP contribution in [0.25, 0.3) is 6.08 Å². The number of amides is 1. The van der Waals surface area contributed by atoms with Crippen molar-refractivity contribution in [3.63, 3.8) is 0 Å². The highest BCUT2D eigenvalue weighted by Crippen LogP contribution is 2.32. The third-order valence-electron chi connectivity index (χ3n) is 3.29. The van der Waals surface area contributed by atoms with Crippen LogP contribution in [0.2, 0.25) is 5.02 Å². The largest absolute Gasteiger partial charge is 0.490 e. The van der Waals surface area contributed by atoms with Crippen molar-refractivity contribution >= 4 is 29.3 Å². The van der Waals surface area contributed by atoms with Crippen LogP contribution >= 0.6 is 11.6 Å². The summed E-state index contributed by atoms with van der Waals surface area (Å²) < 4.78 is 11.2. The molecule has 0 bridgehead atoms. The maximum Gasteiger partial charge on any atom is 0.248 e. The summed E-state index contributed by atoms with van der Waals surface area (Å²) in [7, 11) is 0. The number of carbonyl (C=O) groups excluding carboxylic acids is 1. The predicted octanol–water partition coefficient (Wildman–Crippen LogP) is 4.15. The Balaban J connectivity index is 1.67. The summed E-state index contributed by atoms with van der Waals surface area (Å²) in [5.41, 5.74) is 1.53. The van der Waals surface area contributed by atoms with Crippen LogP contribution < -0.4 is 14.8 Å². The molecule has 2 aromatic carbocycles. The maximum absolute atomic E-state index is 12.0. The van der Waals surface area contributed by atoms with Crippen molar-refractivity contribution in [3.8, 4) is 11.5 Å². The minimum absolute atomic E-state index is 0.223. The summed E-state index contributed by atoms with van der Waals surface area (Å²) in [4.78, 5) is 12.0. The first-order valence-corrected chi connectivity index (χ1v) is 7.73. The number of nitrogens with one attached hydrogen (secondary N) is 1. The first kappa shape index (κ1) is 15.4. The number of benzene rings is 2. The molecule has 0 unspecified atom stereocenters. The fourth-order valence-corrected chi connectivity index (χ4v) is 2.41. The van der Waals surface area contributed by atoms with Gasteiger partial charge in [-0.2, -0.15) is 0 Å². The van der Waals surface area contributed by atoms with Crippen LogP contribution in [0.4, 0.5) is 5.69 Å². The minimum atomic E-state index is -0.223. The zero-order chi connectivity index (χ0) is 16.1. The van der Waals surface area contributed by atoms with E-state index in [4.69, 9.17) is 21.1 Å². The Morgan fingerprint density at radius 2 is 1.91 bits per heavy atom. The average molecular weight is 330 g/mol. The smallest absolute Gasteiger partial charge is 0.248 e. The van der Waals surface area contributed by atoms with Gasteiger partial charge in [-0.05, 0) is 35.9 Å². The minimum Gasteiger partial charge on any atom is -0.490 e. The van der Waals surface area contributed by atoms with Gasteiger partial charge in [-0.3, -0.25) is 4.79 Å². The molecule has 0 saturated heterocycles. The van der Waals surface area contributed by atoms with E-state index < -0.39 is 0 Å². The standard InChI is InChI=1S/C18H16ClNO3/c19-14-4-1-3-13(11-14)5-8-18(21)20-15-6-7-16-17(12-15)23-10-2-9-22-16/h1,3-8,11-12H,2,9-10H2,(H,20,21). The van der Waals surface area contributed by atoms with E-state index in [2.05, 4.69) is 5.32 Å². The second kappa shape index (κ2) is 7.20. The zero-order valence-electron chi connectivity index (χ0n) is 12.4. The van der Waals surface area contributed by atoms with Gasteiger partial charge in [0.05, 0.1) is 13.2 Å². The maximum atomic E-state index is 12.0. The van der Waals surface area contributed by atoms with Gasteiger partial charge in [0, 0.05) is 29.3 Å². The van der Waals surface area contributed by atoms with Crippen LogP contribution in [-0.2, 0) is 4.79 Å². The molecule has 1 aliphatic heterocycles. The second-order valence-corrected chi connectivity index (χ2v) is 5.53. The van der Waals surface area contributed by atoms with E-state index in [0.717, 1.165) is 12.0 Å². The first-order valence-electron chi connectivity index (χ1n) is 7.35. The van der Waals surface area contributed by atoms with E-state index >= 15 is 0 Å².